The molecule has 0 fully saturated rings. The fraction of sp³-hybridized carbons (Fsp3) is 0.267. The van der Waals surface area contributed by atoms with Crippen molar-refractivity contribution in [3.8, 4) is 11.8 Å². The normalized spacial score (nSPS) is 14.9. The van der Waals surface area contributed by atoms with Gasteiger partial charge in [0.15, 0.2) is 0 Å². The SMILES string of the molecule is N#CC(c1ccc2c(c1)CCCO2)c1cccnn1. The lowest BCUT2D eigenvalue weighted by Crippen LogP contribution is -2.10. The summed E-state index contributed by atoms with van der Waals surface area (Å²) in [6.45, 7) is 0.776. The molecule has 0 N–H and O–H groups in total. The van der Waals surface area contributed by atoms with E-state index in [-0.39, 0.29) is 5.92 Å². The molecule has 3 rings (SSSR count). The van der Waals surface area contributed by atoms with Gasteiger partial charge in [0.25, 0.3) is 0 Å². The molecule has 1 unspecified atom stereocenters. The molecular weight excluding hydrogens is 238 g/mol. The first-order valence-electron chi connectivity index (χ1n) is 6.31. The average Bonchev–Trinajstić information content (AvgIpc) is 2.49. The van der Waals surface area contributed by atoms with Crippen molar-refractivity contribution >= 4 is 0 Å². The Hall–Kier alpha value is -2.41. The quantitative estimate of drug-likeness (QED) is 0.822. The molecule has 4 nitrogen and oxygen atoms in total. The van der Waals surface area contributed by atoms with Gasteiger partial charge in [0.05, 0.1) is 18.4 Å². The first kappa shape index (κ1) is 11.7. The second-order valence-corrected chi connectivity index (χ2v) is 4.53. The van der Waals surface area contributed by atoms with E-state index < -0.39 is 0 Å². The number of hydrogen-bond acceptors (Lipinski definition) is 4. The maximum atomic E-state index is 9.39. The highest BCUT2D eigenvalue weighted by Gasteiger charge is 2.18. The number of nitriles is 1. The van der Waals surface area contributed by atoms with Gasteiger partial charge in [-0.15, -0.1) is 0 Å². The molecule has 2 aromatic rings. The minimum absolute atomic E-state index is 0.374. The number of ether oxygens (including phenoxy) is 1. The molecule has 0 aliphatic carbocycles. The summed E-state index contributed by atoms with van der Waals surface area (Å²) in [5, 5.41) is 17.3. The van der Waals surface area contributed by atoms with E-state index in [1.165, 1.54) is 5.56 Å². The number of aromatic nitrogens is 2. The van der Waals surface area contributed by atoms with E-state index in [4.69, 9.17) is 4.74 Å². The zero-order valence-electron chi connectivity index (χ0n) is 10.4. The van der Waals surface area contributed by atoms with Crippen LogP contribution in [-0.4, -0.2) is 16.8 Å². The van der Waals surface area contributed by atoms with E-state index in [0.717, 1.165) is 30.8 Å². The molecule has 1 aliphatic rings. The molecule has 2 heterocycles. The lowest BCUT2D eigenvalue weighted by molar-refractivity contribution is 0.288. The summed E-state index contributed by atoms with van der Waals surface area (Å²) in [4.78, 5) is 0. The Labute approximate surface area is 111 Å². The third kappa shape index (κ3) is 2.27. The van der Waals surface area contributed by atoms with Crippen LogP contribution in [0.5, 0.6) is 5.75 Å². The molecule has 1 aliphatic heterocycles. The number of fused-ring (bicyclic) bond motifs is 1. The maximum absolute atomic E-state index is 9.39. The largest absolute Gasteiger partial charge is 0.493 e. The molecule has 0 radical (unpaired) electrons. The van der Waals surface area contributed by atoms with Crippen molar-refractivity contribution in [3.63, 3.8) is 0 Å². The van der Waals surface area contributed by atoms with Gasteiger partial charge < -0.3 is 4.74 Å². The topological polar surface area (TPSA) is 58.8 Å². The summed E-state index contributed by atoms with van der Waals surface area (Å²) >= 11 is 0. The third-order valence-corrected chi connectivity index (χ3v) is 3.28. The number of benzene rings is 1. The van der Waals surface area contributed by atoms with Crippen LogP contribution in [0.2, 0.25) is 0 Å². The van der Waals surface area contributed by atoms with Crippen LogP contribution in [0.15, 0.2) is 36.5 Å². The lowest BCUT2D eigenvalue weighted by Gasteiger charge is -2.19. The summed E-state index contributed by atoms with van der Waals surface area (Å²) in [6.07, 6.45) is 3.64. The molecule has 1 aromatic carbocycles. The van der Waals surface area contributed by atoms with E-state index in [2.05, 4.69) is 22.3 Å². The standard InChI is InChI=1S/C15H13N3O/c16-10-13(14-4-1-7-17-18-14)11-5-6-15-12(9-11)3-2-8-19-15/h1,4-7,9,13H,2-3,8H2. The zero-order chi connectivity index (χ0) is 13.1. The van der Waals surface area contributed by atoms with Crippen molar-refractivity contribution < 1.29 is 4.74 Å². The maximum Gasteiger partial charge on any atom is 0.122 e. The van der Waals surface area contributed by atoms with Gasteiger partial charge in [-0.05, 0) is 42.2 Å². The molecular formula is C15H13N3O. The molecule has 0 bridgehead atoms. The predicted octanol–water partition coefficient (Wildman–Crippen LogP) is 2.46. The third-order valence-electron chi connectivity index (χ3n) is 3.28. The highest BCUT2D eigenvalue weighted by Crippen LogP contribution is 2.30. The Morgan fingerprint density at radius 1 is 1.32 bits per heavy atom. The molecule has 0 saturated heterocycles. The Morgan fingerprint density at radius 2 is 2.26 bits per heavy atom. The van der Waals surface area contributed by atoms with Crippen LogP contribution in [0.3, 0.4) is 0 Å². The molecule has 19 heavy (non-hydrogen) atoms. The van der Waals surface area contributed by atoms with E-state index in [1.807, 2.05) is 18.2 Å². The fourth-order valence-electron chi connectivity index (χ4n) is 2.34. The van der Waals surface area contributed by atoms with Gasteiger partial charge in [0.1, 0.15) is 11.7 Å². The Morgan fingerprint density at radius 3 is 3.05 bits per heavy atom. The van der Waals surface area contributed by atoms with Gasteiger partial charge in [-0.3, -0.25) is 0 Å². The molecule has 4 heteroatoms. The van der Waals surface area contributed by atoms with Crippen LogP contribution < -0.4 is 4.74 Å². The zero-order valence-corrected chi connectivity index (χ0v) is 10.4. The average molecular weight is 251 g/mol. The second-order valence-electron chi connectivity index (χ2n) is 4.53. The summed E-state index contributed by atoms with van der Waals surface area (Å²) in [5.41, 5.74) is 2.81. The smallest absolute Gasteiger partial charge is 0.122 e. The predicted molar refractivity (Wildman–Crippen MR) is 69.7 cm³/mol. The van der Waals surface area contributed by atoms with Gasteiger partial charge in [0, 0.05) is 6.20 Å². The minimum atomic E-state index is -0.374. The van der Waals surface area contributed by atoms with Crippen molar-refractivity contribution in [1.82, 2.24) is 10.2 Å². The van der Waals surface area contributed by atoms with Crippen molar-refractivity contribution in [2.24, 2.45) is 0 Å². The highest BCUT2D eigenvalue weighted by molar-refractivity contribution is 5.43. The number of nitrogens with zero attached hydrogens (tertiary/aromatic N) is 3. The molecule has 1 aromatic heterocycles. The number of aryl methyl sites for hydroxylation is 1. The van der Waals surface area contributed by atoms with Crippen LogP contribution in [0.25, 0.3) is 0 Å². The second kappa shape index (κ2) is 5.07. The molecule has 0 spiro atoms. The Bertz CT molecular complexity index is 619. The van der Waals surface area contributed by atoms with Gasteiger partial charge >= 0.3 is 0 Å². The fourth-order valence-corrected chi connectivity index (χ4v) is 2.34. The molecule has 0 amide bonds. The van der Waals surface area contributed by atoms with Crippen molar-refractivity contribution in [2.45, 2.75) is 18.8 Å². The minimum Gasteiger partial charge on any atom is -0.493 e. The van der Waals surface area contributed by atoms with Crippen molar-refractivity contribution in [2.75, 3.05) is 6.61 Å². The lowest BCUT2D eigenvalue weighted by atomic mass is 9.93. The summed E-state index contributed by atoms with van der Waals surface area (Å²) in [7, 11) is 0. The van der Waals surface area contributed by atoms with Gasteiger partial charge in [-0.25, -0.2) is 0 Å². The van der Waals surface area contributed by atoms with E-state index in [9.17, 15) is 5.26 Å². The van der Waals surface area contributed by atoms with Crippen LogP contribution >= 0.6 is 0 Å². The van der Waals surface area contributed by atoms with E-state index >= 15 is 0 Å². The van der Waals surface area contributed by atoms with Gasteiger partial charge in [0.2, 0.25) is 0 Å². The number of rotatable bonds is 2. The monoisotopic (exact) mass is 251 g/mol. The summed E-state index contributed by atoms with van der Waals surface area (Å²) < 4.78 is 5.59. The van der Waals surface area contributed by atoms with E-state index in [0.29, 0.717) is 5.69 Å². The van der Waals surface area contributed by atoms with Crippen LogP contribution in [-0.2, 0) is 6.42 Å². The highest BCUT2D eigenvalue weighted by atomic mass is 16.5. The summed E-state index contributed by atoms with van der Waals surface area (Å²) in [6, 6.07) is 11.9. The molecule has 0 saturated carbocycles. The van der Waals surface area contributed by atoms with Crippen molar-refractivity contribution in [1.29, 1.82) is 5.26 Å². The molecule has 1 atom stereocenters. The molecule has 94 valence electrons. The summed E-state index contributed by atoms with van der Waals surface area (Å²) in [5.74, 6) is 0.562. The van der Waals surface area contributed by atoms with Crippen LogP contribution in [0.4, 0.5) is 0 Å². The Balaban J connectivity index is 1.99. The van der Waals surface area contributed by atoms with Crippen molar-refractivity contribution in [3.05, 3.63) is 53.3 Å². The van der Waals surface area contributed by atoms with Crippen LogP contribution in [0, 0.1) is 11.3 Å². The van der Waals surface area contributed by atoms with E-state index in [1.54, 1.807) is 12.3 Å². The van der Waals surface area contributed by atoms with Gasteiger partial charge in [-0.2, -0.15) is 15.5 Å². The van der Waals surface area contributed by atoms with Gasteiger partial charge in [-0.1, -0.05) is 12.1 Å². The first-order valence-corrected chi connectivity index (χ1v) is 6.31. The first-order chi connectivity index (χ1) is 9.38. The van der Waals surface area contributed by atoms with Crippen LogP contribution in [0.1, 0.15) is 29.2 Å². The number of hydrogen-bond donors (Lipinski definition) is 0. The Kier molecular flexibility index (Phi) is 3.11.